The van der Waals surface area contributed by atoms with E-state index in [9.17, 15) is 4.79 Å². The van der Waals surface area contributed by atoms with Crippen LogP contribution in [0.4, 0.5) is 0 Å². The van der Waals surface area contributed by atoms with E-state index in [1.807, 2.05) is 24.3 Å². The molecule has 0 aromatic heterocycles. The van der Waals surface area contributed by atoms with Gasteiger partial charge in [0.2, 0.25) is 5.91 Å². The number of carbonyl (C=O) groups excluding carboxylic acids is 1. The van der Waals surface area contributed by atoms with Crippen molar-refractivity contribution in [1.29, 1.82) is 0 Å². The fourth-order valence-corrected chi connectivity index (χ4v) is 2.58. The van der Waals surface area contributed by atoms with E-state index in [1.165, 1.54) is 19.3 Å². The lowest BCUT2D eigenvalue weighted by Crippen LogP contribution is -2.47. The maximum absolute atomic E-state index is 11.9. The highest BCUT2D eigenvalue weighted by Gasteiger charge is 2.16. The molecular formula is C18H29IN4O2. The number of nitrogens with one attached hydrogen (secondary N) is 1. The van der Waals surface area contributed by atoms with Crippen molar-refractivity contribution in [2.24, 2.45) is 4.99 Å². The van der Waals surface area contributed by atoms with Gasteiger partial charge in [-0.25, -0.2) is 4.99 Å². The Kier molecular flexibility index (Phi) is 9.62. The number of benzene rings is 1. The van der Waals surface area contributed by atoms with E-state index in [-0.39, 0.29) is 36.4 Å². The number of halogens is 1. The molecule has 0 unspecified atom stereocenters. The van der Waals surface area contributed by atoms with Gasteiger partial charge in [-0.3, -0.25) is 4.79 Å². The molecule has 1 N–H and O–H groups in total. The molecule has 0 spiro atoms. The van der Waals surface area contributed by atoms with Gasteiger partial charge in [-0.15, -0.1) is 24.0 Å². The van der Waals surface area contributed by atoms with Gasteiger partial charge in [0.25, 0.3) is 0 Å². The van der Waals surface area contributed by atoms with E-state index in [1.54, 1.807) is 26.1 Å². The second-order valence-corrected chi connectivity index (χ2v) is 6.18. The number of piperidine rings is 1. The maximum Gasteiger partial charge on any atom is 0.241 e. The summed E-state index contributed by atoms with van der Waals surface area (Å²) >= 11 is 0. The van der Waals surface area contributed by atoms with Gasteiger partial charge in [0, 0.05) is 27.2 Å². The molecule has 25 heavy (non-hydrogen) atoms. The molecule has 0 atom stereocenters. The Labute approximate surface area is 167 Å². The molecule has 1 aromatic rings. The highest BCUT2D eigenvalue weighted by molar-refractivity contribution is 14.0. The van der Waals surface area contributed by atoms with Crippen LogP contribution in [0.5, 0.6) is 5.75 Å². The van der Waals surface area contributed by atoms with Crippen molar-refractivity contribution in [1.82, 2.24) is 15.1 Å². The second-order valence-electron chi connectivity index (χ2n) is 6.18. The van der Waals surface area contributed by atoms with E-state index < -0.39 is 0 Å². The lowest BCUT2D eigenvalue weighted by Gasteiger charge is -2.30. The highest BCUT2D eigenvalue weighted by Crippen LogP contribution is 2.13. The zero-order chi connectivity index (χ0) is 17.4. The maximum atomic E-state index is 11.9. The number of ether oxygens (including phenoxy) is 1. The van der Waals surface area contributed by atoms with Crippen LogP contribution in [0.3, 0.4) is 0 Å². The summed E-state index contributed by atoms with van der Waals surface area (Å²) < 4.78 is 5.18. The van der Waals surface area contributed by atoms with Crippen LogP contribution in [0.15, 0.2) is 29.3 Å². The van der Waals surface area contributed by atoms with E-state index in [4.69, 9.17) is 9.73 Å². The molecule has 6 nitrogen and oxygen atoms in total. The van der Waals surface area contributed by atoms with Crippen molar-refractivity contribution in [3.8, 4) is 5.75 Å². The van der Waals surface area contributed by atoms with Crippen molar-refractivity contribution in [3.05, 3.63) is 29.8 Å². The number of hydrogen-bond donors (Lipinski definition) is 1. The van der Waals surface area contributed by atoms with E-state index in [0.717, 1.165) is 30.4 Å². The first-order chi connectivity index (χ1) is 11.6. The third-order valence-electron chi connectivity index (χ3n) is 4.12. The third-order valence-corrected chi connectivity index (χ3v) is 4.12. The van der Waals surface area contributed by atoms with Gasteiger partial charge in [-0.2, -0.15) is 0 Å². The zero-order valence-electron chi connectivity index (χ0n) is 15.3. The third kappa shape index (κ3) is 7.09. The molecule has 1 saturated heterocycles. The Morgan fingerprint density at radius 3 is 2.40 bits per heavy atom. The van der Waals surface area contributed by atoms with Crippen molar-refractivity contribution in [2.75, 3.05) is 40.8 Å². The van der Waals surface area contributed by atoms with Crippen molar-refractivity contribution in [3.63, 3.8) is 0 Å². The smallest absolute Gasteiger partial charge is 0.241 e. The minimum absolute atomic E-state index is 0. The topological polar surface area (TPSA) is 57.2 Å². The highest BCUT2D eigenvalue weighted by atomic mass is 127. The Morgan fingerprint density at radius 1 is 1.20 bits per heavy atom. The molecule has 0 aliphatic carbocycles. The number of amides is 1. The first kappa shape index (κ1) is 21.5. The minimum atomic E-state index is 0. The molecule has 0 radical (unpaired) electrons. The average Bonchev–Trinajstić information content (AvgIpc) is 2.62. The van der Waals surface area contributed by atoms with Crippen molar-refractivity contribution in [2.45, 2.75) is 25.8 Å². The molecule has 7 heteroatoms. The van der Waals surface area contributed by atoms with Crippen LogP contribution in [0.2, 0.25) is 0 Å². The number of hydrogen-bond acceptors (Lipinski definition) is 3. The zero-order valence-corrected chi connectivity index (χ0v) is 17.7. The summed E-state index contributed by atoms with van der Waals surface area (Å²) in [5.41, 5.74) is 1.12. The van der Waals surface area contributed by atoms with Crippen LogP contribution in [0.25, 0.3) is 0 Å². The summed E-state index contributed by atoms with van der Waals surface area (Å²) in [5, 5.41) is 3.22. The summed E-state index contributed by atoms with van der Waals surface area (Å²) in [6.45, 7) is 2.83. The molecule has 1 aliphatic rings. The second kappa shape index (κ2) is 11.2. The summed E-state index contributed by atoms with van der Waals surface area (Å²) in [4.78, 5) is 20.4. The molecular weight excluding hydrogens is 431 g/mol. The van der Waals surface area contributed by atoms with Crippen molar-refractivity contribution < 1.29 is 9.53 Å². The standard InChI is InChI=1S/C18H28N4O2.HI/c1-21(2)17(23)14-20-18(22-11-5-4-6-12-22)19-13-15-7-9-16(24-3)10-8-15;/h7-10H,4-6,11-14H2,1-3H3,(H,19,20);1H. The molecule has 2 rings (SSSR count). The Bertz CT molecular complexity index is 555. The Balaban J connectivity index is 0.00000312. The lowest BCUT2D eigenvalue weighted by atomic mass is 10.1. The summed E-state index contributed by atoms with van der Waals surface area (Å²) in [7, 11) is 5.19. The average molecular weight is 460 g/mol. The number of nitrogens with zero attached hydrogens (tertiary/aromatic N) is 3. The van der Waals surface area contributed by atoms with Gasteiger partial charge in [0.05, 0.1) is 20.2 Å². The predicted molar refractivity (Wildman–Crippen MR) is 112 cm³/mol. The van der Waals surface area contributed by atoms with Crippen LogP contribution in [0, 0.1) is 0 Å². The predicted octanol–water partition coefficient (Wildman–Crippen LogP) is 2.33. The van der Waals surface area contributed by atoms with Gasteiger partial charge in [0.1, 0.15) is 5.75 Å². The van der Waals surface area contributed by atoms with Crippen LogP contribution < -0.4 is 10.1 Å². The number of rotatable bonds is 5. The molecule has 0 bridgehead atoms. The van der Waals surface area contributed by atoms with Crippen LogP contribution >= 0.6 is 24.0 Å². The summed E-state index contributed by atoms with van der Waals surface area (Å²) in [6, 6.07) is 7.91. The monoisotopic (exact) mass is 460 g/mol. The van der Waals surface area contributed by atoms with Gasteiger partial charge in [0.15, 0.2) is 5.96 Å². The summed E-state index contributed by atoms with van der Waals surface area (Å²) in [5.74, 6) is 1.71. The number of methoxy groups -OCH3 is 1. The molecule has 1 amide bonds. The quantitative estimate of drug-likeness (QED) is 0.417. The SMILES string of the molecule is COc1ccc(CN=C(NCC(=O)N(C)C)N2CCCCC2)cc1.I. The van der Waals surface area contributed by atoms with Gasteiger partial charge in [-0.1, -0.05) is 12.1 Å². The van der Waals surface area contributed by atoms with Crippen LogP contribution in [-0.2, 0) is 11.3 Å². The lowest BCUT2D eigenvalue weighted by molar-refractivity contribution is -0.127. The van der Waals surface area contributed by atoms with Crippen LogP contribution in [-0.4, -0.2) is 62.5 Å². The first-order valence-corrected chi connectivity index (χ1v) is 8.46. The van der Waals surface area contributed by atoms with E-state index in [0.29, 0.717) is 6.54 Å². The van der Waals surface area contributed by atoms with Gasteiger partial charge < -0.3 is 19.9 Å². The molecule has 0 saturated carbocycles. The number of aliphatic imine (C=N–C) groups is 1. The van der Waals surface area contributed by atoms with Gasteiger partial charge >= 0.3 is 0 Å². The summed E-state index contributed by atoms with van der Waals surface area (Å²) in [6.07, 6.45) is 3.61. The van der Waals surface area contributed by atoms with Crippen LogP contribution in [0.1, 0.15) is 24.8 Å². The first-order valence-electron chi connectivity index (χ1n) is 8.46. The number of likely N-dealkylation sites (N-methyl/N-ethyl adjacent to an activating group) is 1. The van der Waals surface area contributed by atoms with E-state index in [2.05, 4.69) is 10.2 Å². The molecule has 1 aromatic carbocycles. The fourth-order valence-electron chi connectivity index (χ4n) is 2.58. The Morgan fingerprint density at radius 2 is 1.84 bits per heavy atom. The molecule has 140 valence electrons. The molecule has 1 fully saturated rings. The fraction of sp³-hybridized carbons (Fsp3) is 0.556. The number of likely N-dealkylation sites (tertiary alicyclic amines) is 1. The normalized spacial score (nSPS) is 14.5. The van der Waals surface area contributed by atoms with Crippen molar-refractivity contribution >= 4 is 35.8 Å². The van der Waals surface area contributed by atoms with Gasteiger partial charge in [-0.05, 0) is 37.0 Å². The largest absolute Gasteiger partial charge is 0.497 e. The Hall–Kier alpha value is -1.51. The number of guanidine groups is 1. The molecule has 1 aliphatic heterocycles. The number of carbonyl (C=O) groups is 1. The molecule has 1 heterocycles. The minimum Gasteiger partial charge on any atom is -0.497 e. The van der Waals surface area contributed by atoms with E-state index >= 15 is 0 Å².